The van der Waals surface area contributed by atoms with Crippen LogP contribution in [0.1, 0.15) is 51.2 Å². The molecule has 3 heterocycles. The second-order valence-corrected chi connectivity index (χ2v) is 11.6. The molecule has 3 saturated heterocycles. The molecule has 0 aromatic heterocycles. The lowest BCUT2D eigenvalue weighted by atomic mass is 9.71. The monoisotopic (exact) mass is 488 g/mol. The van der Waals surface area contributed by atoms with E-state index in [-0.39, 0.29) is 42.2 Å². The summed E-state index contributed by atoms with van der Waals surface area (Å²) in [5.74, 6) is -1.95. The van der Waals surface area contributed by atoms with Crippen LogP contribution in [0.2, 0.25) is 0 Å². The highest BCUT2D eigenvalue weighted by Crippen LogP contribution is 2.67. The van der Waals surface area contributed by atoms with Crippen molar-refractivity contribution in [2.75, 3.05) is 18.5 Å². The maximum Gasteiger partial charge on any atom is 0.310 e. The molecule has 2 bridgehead atoms. The van der Waals surface area contributed by atoms with E-state index < -0.39 is 28.7 Å². The molecule has 0 radical (unpaired) electrons. The standard InChI is InChI=1S/C26H36N2O5S/c1-6-15(4)18(13-29)28-22(23(30)27-17-12-14(3)8-9-16(17)5)26-11-10-19(34-26)20(21(26)24(28)31)25(32)33-7-2/h8-9,12,15,18-22,29H,6-7,10-11,13H2,1-5H3,(H,27,30)/t15-,18-,19+,20-,21-,22?,26?/m0/s1. The summed E-state index contributed by atoms with van der Waals surface area (Å²) in [5, 5.41) is 13.4. The molecule has 3 aliphatic rings. The zero-order valence-corrected chi connectivity index (χ0v) is 21.5. The topological polar surface area (TPSA) is 95.9 Å². The van der Waals surface area contributed by atoms with Crippen LogP contribution < -0.4 is 5.32 Å². The van der Waals surface area contributed by atoms with Crippen molar-refractivity contribution >= 4 is 35.2 Å². The van der Waals surface area contributed by atoms with Gasteiger partial charge in [-0.15, -0.1) is 11.8 Å². The third kappa shape index (κ3) is 3.83. The van der Waals surface area contributed by atoms with Crippen LogP contribution in [0.5, 0.6) is 0 Å². The Morgan fingerprint density at radius 3 is 2.71 bits per heavy atom. The van der Waals surface area contributed by atoms with E-state index in [4.69, 9.17) is 4.74 Å². The van der Waals surface area contributed by atoms with E-state index in [9.17, 15) is 19.5 Å². The molecular weight excluding hydrogens is 452 g/mol. The predicted octanol–water partition coefficient (Wildman–Crippen LogP) is 3.30. The number of anilines is 1. The number of carbonyl (C=O) groups excluding carboxylic acids is 3. The van der Waals surface area contributed by atoms with Gasteiger partial charge in [0.1, 0.15) is 6.04 Å². The van der Waals surface area contributed by atoms with Gasteiger partial charge in [0, 0.05) is 10.9 Å². The molecule has 186 valence electrons. The Morgan fingerprint density at radius 1 is 1.32 bits per heavy atom. The molecule has 3 fully saturated rings. The van der Waals surface area contributed by atoms with Gasteiger partial charge in [-0.1, -0.05) is 32.4 Å². The first-order valence-electron chi connectivity index (χ1n) is 12.4. The molecule has 7 nitrogen and oxygen atoms in total. The Labute approximate surface area is 206 Å². The first-order valence-corrected chi connectivity index (χ1v) is 13.2. The summed E-state index contributed by atoms with van der Waals surface area (Å²) in [7, 11) is 0. The van der Waals surface area contributed by atoms with E-state index in [1.165, 1.54) is 0 Å². The SMILES string of the molecule is CCOC(=O)[C@@H]1[C@H]2C(=O)N([C@@H](CO)[C@@H](C)CC)C(C(=O)Nc3cc(C)ccc3C)C23CC[C@H]1S3. The number of ether oxygens (including phenoxy) is 1. The maximum absolute atomic E-state index is 14.0. The summed E-state index contributed by atoms with van der Waals surface area (Å²) < 4.78 is 4.68. The lowest BCUT2D eigenvalue weighted by molar-refractivity contribution is -0.154. The van der Waals surface area contributed by atoms with Gasteiger partial charge in [0.05, 0.1) is 35.8 Å². The number of nitrogens with zero attached hydrogens (tertiary/aromatic N) is 1. The average molecular weight is 489 g/mol. The van der Waals surface area contributed by atoms with Crippen LogP contribution in [-0.2, 0) is 19.1 Å². The highest BCUT2D eigenvalue weighted by Gasteiger charge is 2.74. The van der Waals surface area contributed by atoms with Crippen LogP contribution in [0.25, 0.3) is 0 Å². The van der Waals surface area contributed by atoms with Gasteiger partial charge in [0.15, 0.2) is 0 Å². The molecule has 1 spiro atoms. The van der Waals surface area contributed by atoms with Crippen molar-refractivity contribution in [3.05, 3.63) is 29.3 Å². The number of fused-ring (bicyclic) bond motifs is 1. The van der Waals surface area contributed by atoms with Gasteiger partial charge in [-0.25, -0.2) is 0 Å². The number of benzene rings is 1. The molecule has 3 aliphatic heterocycles. The molecule has 0 aliphatic carbocycles. The second-order valence-electron chi connectivity index (χ2n) is 10.00. The molecule has 2 N–H and O–H groups in total. The van der Waals surface area contributed by atoms with Gasteiger partial charge in [-0.05, 0) is 56.7 Å². The van der Waals surface area contributed by atoms with Crippen molar-refractivity contribution in [2.45, 2.75) is 76.0 Å². The number of likely N-dealkylation sites (tertiary alicyclic amines) is 1. The zero-order valence-electron chi connectivity index (χ0n) is 20.7. The van der Waals surface area contributed by atoms with Crippen LogP contribution in [0.4, 0.5) is 5.69 Å². The number of aryl methyl sites for hydroxylation is 2. The van der Waals surface area contributed by atoms with Gasteiger partial charge in [-0.2, -0.15) is 0 Å². The van der Waals surface area contributed by atoms with Crippen molar-refractivity contribution in [1.82, 2.24) is 4.90 Å². The molecule has 8 heteroatoms. The van der Waals surface area contributed by atoms with Crippen molar-refractivity contribution in [1.29, 1.82) is 0 Å². The van der Waals surface area contributed by atoms with E-state index in [0.29, 0.717) is 6.42 Å². The van der Waals surface area contributed by atoms with Gasteiger partial charge >= 0.3 is 5.97 Å². The summed E-state index contributed by atoms with van der Waals surface area (Å²) in [6.45, 7) is 9.71. The van der Waals surface area contributed by atoms with Crippen molar-refractivity contribution < 1.29 is 24.2 Å². The molecule has 34 heavy (non-hydrogen) atoms. The summed E-state index contributed by atoms with van der Waals surface area (Å²) >= 11 is 1.62. The number of aliphatic hydroxyl groups is 1. The first kappa shape index (κ1) is 25.0. The number of amides is 2. The number of hydrogen-bond acceptors (Lipinski definition) is 6. The lowest BCUT2D eigenvalue weighted by Gasteiger charge is -2.39. The average Bonchev–Trinajstić information content (AvgIpc) is 3.44. The minimum atomic E-state index is -0.759. The fraction of sp³-hybridized carbons (Fsp3) is 0.654. The van der Waals surface area contributed by atoms with Crippen molar-refractivity contribution in [3.8, 4) is 0 Å². The highest BCUT2D eigenvalue weighted by molar-refractivity contribution is 8.02. The number of thioether (sulfide) groups is 1. The normalized spacial score (nSPS) is 31.4. The minimum Gasteiger partial charge on any atom is -0.466 e. The summed E-state index contributed by atoms with van der Waals surface area (Å²) in [6, 6.07) is 4.64. The van der Waals surface area contributed by atoms with Crippen LogP contribution in [0, 0.1) is 31.6 Å². The van der Waals surface area contributed by atoms with Crippen LogP contribution >= 0.6 is 11.8 Å². The Balaban J connectivity index is 1.77. The fourth-order valence-electron chi connectivity index (χ4n) is 6.14. The van der Waals surface area contributed by atoms with Crippen LogP contribution in [0.15, 0.2) is 18.2 Å². The largest absolute Gasteiger partial charge is 0.466 e. The Morgan fingerprint density at radius 2 is 2.06 bits per heavy atom. The van der Waals surface area contributed by atoms with Gasteiger partial charge < -0.3 is 20.1 Å². The molecular formula is C26H36N2O5S. The Bertz CT molecular complexity index is 984. The molecule has 4 rings (SSSR count). The number of nitrogens with one attached hydrogen (secondary N) is 1. The number of esters is 1. The van der Waals surface area contributed by atoms with E-state index in [2.05, 4.69) is 5.32 Å². The van der Waals surface area contributed by atoms with Crippen molar-refractivity contribution in [2.24, 2.45) is 17.8 Å². The molecule has 2 unspecified atom stereocenters. The Kier molecular flexibility index (Phi) is 7.02. The number of hydrogen-bond donors (Lipinski definition) is 2. The quantitative estimate of drug-likeness (QED) is 0.545. The second kappa shape index (κ2) is 9.53. The number of carbonyl (C=O) groups is 3. The van der Waals surface area contributed by atoms with Crippen LogP contribution in [0.3, 0.4) is 0 Å². The maximum atomic E-state index is 14.0. The van der Waals surface area contributed by atoms with E-state index in [1.54, 1.807) is 23.6 Å². The highest BCUT2D eigenvalue weighted by atomic mass is 32.2. The predicted molar refractivity (Wildman–Crippen MR) is 132 cm³/mol. The summed E-state index contributed by atoms with van der Waals surface area (Å²) in [6.07, 6.45) is 2.22. The van der Waals surface area contributed by atoms with Crippen LogP contribution in [-0.4, -0.2) is 63.1 Å². The third-order valence-corrected chi connectivity index (χ3v) is 9.99. The number of aliphatic hydroxyl groups excluding tert-OH is 1. The van der Waals surface area contributed by atoms with Gasteiger partial charge in [-0.3, -0.25) is 14.4 Å². The zero-order chi connectivity index (χ0) is 24.8. The van der Waals surface area contributed by atoms with E-state index in [0.717, 1.165) is 29.7 Å². The Hall–Kier alpha value is -2.06. The molecule has 7 atom stereocenters. The first-order chi connectivity index (χ1) is 16.2. The smallest absolute Gasteiger partial charge is 0.310 e. The van der Waals surface area contributed by atoms with Gasteiger partial charge in [0.25, 0.3) is 0 Å². The number of rotatable bonds is 8. The van der Waals surface area contributed by atoms with Gasteiger partial charge in [0.2, 0.25) is 11.8 Å². The summed E-state index contributed by atoms with van der Waals surface area (Å²) in [4.78, 5) is 42.6. The van der Waals surface area contributed by atoms with E-state index >= 15 is 0 Å². The molecule has 1 aromatic carbocycles. The lowest BCUT2D eigenvalue weighted by Crippen LogP contribution is -2.56. The molecule has 2 amide bonds. The molecule has 0 saturated carbocycles. The van der Waals surface area contributed by atoms with Crippen molar-refractivity contribution in [3.63, 3.8) is 0 Å². The summed E-state index contributed by atoms with van der Waals surface area (Å²) in [5.41, 5.74) is 2.70. The third-order valence-electron chi connectivity index (χ3n) is 8.04. The van der Waals surface area contributed by atoms with E-state index in [1.807, 2.05) is 45.9 Å². The minimum absolute atomic E-state index is 0.00317. The fourth-order valence-corrected chi connectivity index (χ4v) is 8.33. The molecule has 1 aromatic rings.